The van der Waals surface area contributed by atoms with Crippen LogP contribution in [0.1, 0.15) is 0 Å². The fourth-order valence-corrected chi connectivity index (χ4v) is 0. The fraction of sp³-hybridized carbons (Fsp3) is 0. The van der Waals surface area contributed by atoms with Crippen LogP contribution < -0.4 is 0 Å². The molecular weight excluding hydrogens is 213 g/mol. The summed E-state index contributed by atoms with van der Waals surface area (Å²) in [7, 11) is 0. The Balaban J connectivity index is 4.43. The molecule has 0 atom stereocenters. The molecule has 0 spiro atoms. The van der Waals surface area contributed by atoms with Crippen LogP contribution in [0.4, 0.5) is 19.5 Å². The number of rotatable bonds is 0. The maximum atomic E-state index is 9.91. The van der Waals surface area contributed by atoms with Gasteiger partial charge in [0.2, 0.25) is 0 Å². The first-order valence-corrected chi connectivity index (χ1v) is 5.07. The van der Waals surface area contributed by atoms with E-state index in [1.54, 1.807) is 0 Å². The van der Waals surface area contributed by atoms with E-state index < -0.39 is 15.9 Å². The van der Waals surface area contributed by atoms with Crippen LogP contribution in [0.25, 0.3) is 0 Å². The van der Waals surface area contributed by atoms with E-state index in [9.17, 15) is 19.5 Å². The summed E-state index contributed by atoms with van der Waals surface area (Å²) in [5, 5.41) is 0. The van der Waals surface area contributed by atoms with Crippen molar-refractivity contribution < 1.29 is 35.4 Å². The van der Waals surface area contributed by atoms with E-state index >= 15 is 0 Å². The molecule has 0 N–H and O–H groups in total. The van der Waals surface area contributed by atoms with Gasteiger partial charge in [0.1, 0.15) is 0 Å². The van der Waals surface area contributed by atoms with Crippen molar-refractivity contribution in [2.24, 2.45) is 0 Å². The minimum absolute atomic E-state index is 9.91. The molecule has 0 aliphatic rings. The first-order chi connectivity index (χ1) is 2.45. The SMILES string of the molecule is [F][99Tc]([F])([F])([F])([F])[F]. The zero-order valence-corrected chi connectivity index (χ0v) is 4.50. The van der Waals surface area contributed by atoms with Crippen LogP contribution >= 0.6 is 0 Å². The second kappa shape index (κ2) is 0.734. The quantitative estimate of drug-likeness (QED) is 0.542. The van der Waals surface area contributed by atoms with Crippen LogP contribution in [0.15, 0.2) is 0 Å². The molecule has 0 amide bonds. The van der Waals surface area contributed by atoms with Gasteiger partial charge in [0.05, 0.1) is 0 Å². The third-order valence-corrected chi connectivity index (χ3v) is 0. The second-order valence-corrected chi connectivity index (χ2v) is 4.79. The Hall–Kier alpha value is 0.229. The van der Waals surface area contributed by atoms with Gasteiger partial charge in [-0.15, -0.1) is 0 Å². The monoisotopic (exact) mass is 213 g/mol. The maximum absolute atomic E-state index is 11.1. The third-order valence-electron chi connectivity index (χ3n) is 0. The Morgan fingerprint density at radius 1 is 0.571 bits per heavy atom. The second-order valence-electron chi connectivity index (χ2n) is 0.810. The van der Waals surface area contributed by atoms with E-state index in [1.165, 1.54) is 0 Å². The Bertz CT molecular complexity index is 62.7. The molecule has 0 aliphatic heterocycles. The topological polar surface area (TPSA) is 0 Å². The summed E-state index contributed by atoms with van der Waals surface area (Å²) < 4.78 is 59.5. The van der Waals surface area contributed by atoms with Crippen molar-refractivity contribution in [3.05, 3.63) is 0 Å². The summed E-state index contributed by atoms with van der Waals surface area (Å²) >= 11 is -11.1. The summed E-state index contributed by atoms with van der Waals surface area (Å²) in [6.07, 6.45) is 0. The third kappa shape index (κ3) is 2120. The molecule has 0 radical (unpaired) electrons. The summed E-state index contributed by atoms with van der Waals surface area (Å²) in [6, 6.07) is 0. The van der Waals surface area contributed by atoms with Gasteiger partial charge in [0, 0.05) is 0 Å². The van der Waals surface area contributed by atoms with Gasteiger partial charge in [-0.05, 0) is 0 Å². The van der Waals surface area contributed by atoms with Crippen molar-refractivity contribution in [3.63, 3.8) is 0 Å². The zero-order valence-electron chi connectivity index (χ0n) is 2.65. The van der Waals surface area contributed by atoms with E-state index in [0.29, 0.717) is 0 Å². The van der Waals surface area contributed by atoms with E-state index in [1.807, 2.05) is 0 Å². The summed E-state index contributed by atoms with van der Waals surface area (Å²) in [5.41, 5.74) is 0. The molecule has 0 aromatic rings. The van der Waals surface area contributed by atoms with Crippen LogP contribution in [-0.4, -0.2) is 0 Å². The average molecular weight is 213 g/mol. The zero-order chi connectivity index (χ0) is 6.41. The molecule has 7 heteroatoms. The van der Waals surface area contributed by atoms with Gasteiger partial charge in [-0.1, -0.05) is 0 Å². The molecule has 0 aromatic carbocycles. The molecule has 0 saturated heterocycles. The molecule has 0 fully saturated rings. The van der Waals surface area contributed by atoms with Gasteiger partial charge in [-0.25, -0.2) is 0 Å². The van der Waals surface area contributed by atoms with Gasteiger partial charge in [0.25, 0.3) is 0 Å². The standard InChI is InChI=1S/6FH.Tc/h6*1H;/q;;;;;;+6/p-6/i;;;;;;1+1. The van der Waals surface area contributed by atoms with E-state index in [0.717, 1.165) is 0 Å². The van der Waals surface area contributed by atoms with Crippen molar-refractivity contribution in [1.82, 2.24) is 0 Å². The van der Waals surface area contributed by atoms with Gasteiger partial charge < -0.3 is 0 Å². The van der Waals surface area contributed by atoms with Crippen LogP contribution in [0.3, 0.4) is 0 Å². The normalized spacial score (nSPS) is 23.1. The Morgan fingerprint density at radius 3 is 0.571 bits per heavy atom. The summed E-state index contributed by atoms with van der Waals surface area (Å²) in [4.78, 5) is 0. The number of hydrogen-bond acceptors (Lipinski definition) is 0. The molecule has 0 nitrogen and oxygen atoms in total. The molecule has 0 aliphatic carbocycles. The van der Waals surface area contributed by atoms with E-state index in [4.69, 9.17) is 0 Å². The Labute approximate surface area is 36.3 Å². The van der Waals surface area contributed by atoms with E-state index in [2.05, 4.69) is 0 Å². The van der Waals surface area contributed by atoms with Crippen molar-refractivity contribution in [2.45, 2.75) is 0 Å². The predicted molar refractivity (Wildman–Crippen MR) is 6.65 cm³/mol. The summed E-state index contributed by atoms with van der Waals surface area (Å²) in [6.45, 7) is 0. The van der Waals surface area contributed by atoms with Crippen molar-refractivity contribution in [1.29, 1.82) is 0 Å². The van der Waals surface area contributed by atoms with Crippen molar-refractivity contribution in [2.75, 3.05) is 0 Å². The van der Waals surface area contributed by atoms with Crippen LogP contribution in [0.5, 0.6) is 0 Å². The molecule has 49 valence electrons. The van der Waals surface area contributed by atoms with Crippen molar-refractivity contribution in [3.8, 4) is 0 Å². The Kier molecular flexibility index (Phi) is 0.759. The molecule has 0 rings (SSSR count). The van der Waals surface area contributed by atoms with Gasteiger partial charge in [0.15, 0.2) is 0 Å². The molecule has 7 heavy (non-hydrogen) atoms. The molecule has 0 saturated carbocycles. The van der Waals surface area contributed by atoms with Gasteiger partial charge in [-0.2, -0.15) is 0 Å². The fourth-order valence-electron chi connectivity index (χ4n) is 0. The molecule has 0 aromatic heterocycles. The average Bonchev–Trinajstić information content (AvgIpc) is 0.592. The van der Waals surface area contributed by atoms with Gasteiger partial charge in [-0.3, -0.25) is 0 Å². The predicted octanol–water partition coefficient (Wildman–Crippen LogP) is 2.52. The van der Waals surface area contributed by atoms with Crippen molar-refractivity contribution >= 4 is 0 Å². The molecule has 0 heterocycles. The number of hydrogen-bond donors (Lipinski definition) is 0. The van der Waals surface area contributed by atoms with Gasteiger partial charge >= 0.3 is 35.4 Å². The summed E-state index contributed by atoms with van der Waals surface area (Å²) in [5.74, 6) is 0. The minimum atomic E-state index is -11.1. The van der Waals surface area contributed by atoms with Crippen LogP contribution in [-0.2, 0) is 15.9 Å². The number of halogens is 6. The first kappa shape index (κ1) is 7.23. The first-order valence-electron chi connectivity index (χ1n) is 0.857. The van der Waals surface area contributed by atoms with Crippen LogP contribution in [0, 0.1) is 0 Å². The molecule has 0 bridgehead atoms. The van der Waals surface area contributed by atoms with Crippen LogP contribution in [0.2, 0.25) is 0 Å². The van der Waals surface area contributed by atoms with E-state index in [-0.39, 0.29) is 0 Å². The molecule has 0 unspecified atom stereocenters. The Morgan fingerprint density at radius 2 is 0.571 bits per heavy atom. The molecular formula is F6Tc.